The van der Waals surface area contributed by atoms with E-state index in [0.717, 1.165) is 18.7 Å². The van der Waals surface area contributed by atoms with E-state index < -0.39 is 5.97 Å². The van der Waals surface area contributed by atoms with Crippen molar-refractivity contribution < 1.29 is 19.4 Å². The summed E-state index contributed by atoms with van der Waals surface area (Å²) in [4.78, 5) is 13.0. The van der Waals surface area contributed by atoms with Crippen molar-refractivity contribution in [2.24, 2.45) is 0 Å². The zero-order valence-corrected chi connectivity index (χ0v) is 18.1. The maximum atomic E-state index is 10.7. The van der Waals surface area contributed by atoms with Crippen LogP contribution in [-0.4, -0.2) is 56.3 Å². The first-order valence-electron chi connectivity index (χ1n) is 9.23. The van der Waals surface area contributed by atoms with Crippen LogP contribution in [0.5, 0.6) is 11.5 Å². The Labute approximate surface area is 181 Å². The second-order valence-electron chi connectivity index (χ2n) is 6.65. The lowest BCUT2D eigenvalue weighted by atomic mass is 10.1. The molecule has 2 aromatic rings. The van der Waals surface area contributed by atoms with Gasteiger partial charge in [0.25, 0.3) is 0 Å². The minimum absolute atomic E-state index is 0.0753. The molecule has 29 heavy (non-hydrogen) atoms. The Balaban J connectivity index is 0.000000360. The van der Waals surface area contributed by atoms with Gasteiger partial charge in [-0.25, -0.2) is 0 Å². The molecule has 0 aliphatic carbocycles. The number of carboxylic acid groups (broad SMARTS) is 1. The number of nitrogens with zero attached hydrogens (tertiary/aromatic N) is 1. The Morgan fingerprint density at radius 3 is 2.17 bits per heavy atom. The van der Waals surface area contributed by atoms with E-state index >= 15 is 0 Å². The maximum absolute atomic E-state index is 10.7. The highest BCUT2D eigenvalue weighted by Crippen LogP contribution is 2.28. The summed E-state index contributed by atoms with van der Waals surface area (Å²) in [7, 11) is 3.71. The maximum Gasteiger partial charge on any atom is 0.307 e. The second-order valence-corrected chi connectivity index (χ2v) is 7.46. The van der Waals surface area contributed by atoms with Crippen molar-refractivity contribution in [2.75, 3.05) is 40.3 Å². The summed E-state index contributed by atoms with van der Waals surface area (Å²) in [6, 6.07) is 10.3. The van der Waals surface area contributed by atoms with Gasteiger partial charge in [0.2, 0.25) is 0 Å². The van der Waals surface area contributed by atoms with Gasteiger partial charge in [-0.1, -0.05) is 35.3 Å². The number of nitrogens with one attached hydrogen (secondary N) is 1. The van der Waals surface area contributed by atoms with Crippen molar-refractivity contribution in [3.05, 3.63) is 57.6 Å². The Bertz CT molecular complexity index is 811. The van der Waals surface area contributed by atoms with Crippen LogP contribution in [0.3, 0.4) is 0 Å². The fourth-order valence-electron chi connectivity index (χ4n) is 2.68. The average Bonchev–Trinajstić information content (AvgIpc) is 2.68. The third-order valence-electron chi connectivity index (χ3n) is 4.30. The van der Waals surface area contributed by atoms with E-state index in [9.17, 15) is 4.79 Å². The molecule has 1 saturated heterocycles. The molecule has 158 valence electrons. The monoisotopic (exact) mass is 440 g/mol. The number of aliphatic carboxylic acids is 1. The molecule has 2 N–H and O–H groups in total. The molecule has 0 spiro atoms. The van der Waals surface area contributed by atoms with Crippen molar-refractivity contribution in [2.45, 2.75) is 13.0 Å². The first kappa shape index (κ1) is 23.3. The molecule has 0 aromatic heterocycles. The normalized spacial score (nSPS) is 13.9. The molecule has 0 saturated carbocycles. The summed E-state index contributed by atoms with van der Waals surface area (Å²) in [5.74, 6) is 0.182. The number of halogens is 2. The summed E-state index contributed by atoms with van der Waals surface area (Å²) in [6.07, 6.45) is -0.0753. The molecule has 8 heteroatoms. The second kappa shape index (κ2) is 11.9. The zero-order chi connectivity index (χ0) is 21.2. The van der Waals surface area contributed by atoms with Crippen LogP contribution in [0.25, 0.3) is 0 Å². The average molecular weight is 441 g/mol. The molecule has 0 amide bonds. The summed E-state index contributed by atoms with van der Waals surface area (Å²) in [5.41, 5.74) is 1.49. The van der Waals surface area contributed by atoms with Gasteiger partial charge in [0.1, 0.15) is 18.1 Å². The minimum atomic E-state index is -0.905. The van der Waals surface area contributed by atoms with Crippen molar-refractivity contribution in [1.29, 1.82) is 0 Å². The van der Waals surface area contributed by atoms with Crippen molar-refractivity contribution in [3.8, 4) is 11.5 Å². The third-order valence-corrected chi connectivity index (χ3v) is 4.89. The lowest BCUT2D eigenvalue weighted by Crippen LogP contribution is -2.40. The van der Waals surface area contributed by atoms with Gasteiger partial charge in [0, 0.05) is 26.2 Å². The fraction of sp³-hybridized carbons (Fsp3) is 0.381. The molecule has 3 rings (SSSR count). The van der Waals surface area contributed by atoms with Crippen molar-refractivity contribution in [3.63, 3.8) is 0 Å². The standard InChI is InChI=1S/C16H14Cl2O4.C5H12N2/c1-21-14-4-3-11(7-12(14)17)9-22-15-5-2-10(6-13(15)18)8-16(19)20;1-7-4-2-6-3-5-7/h2-7H,8-9H2,1H3,(H,19,20);6H,2-5H2,1H3. The van der Waals surface area contributed by atoms with Crippen LogP contribution in [0.15, 0.2) is 36.4 Å². The van der Waals surface area contributed by atoms with Gasteiger partial charge in [0.15, 0.2) is 0 Å². The van der Waals surface area contributed by atoms with Crippen LogP contribution in [-0.2, 0) is 17.8 Å². The summed E-state index contributed by atoms with van der Waals surface area (Å²) in [5, 5.41) is 12.9. The Kier molecular flexibility index (Phi) is 9.54. The van der Waals surface area contributed by atoms with E-state index in [1.807, 2.05) is 6.07 Å². The van der Waals surface area contributed by atoms with Gasteiger partial charge in [-0.3, -0.25) is 4.79 Å². The van der Waals surface area contributed by atoms with Crippen LogP contribution in [0.4, 0.5) is 0 Å². The number of carboxylic acids is 1. The van der Waals surface area contributed by atoms with Crippen LogP contribution in [0.2, 0.25) is 10.0 Å². The van der Waals surface area contributed by atoms with Gasteiger partial charge in [-0.2, -0.15) is 0 Å². The first-order chi connectivity index (χ1) is 13.9. The Hall–Kier alpha value is -1.99. The number of piperazine rings is 1. The fourth-order valence-corrected chi connectivity index (χ4v) is 3.22. The van der Waals surface area contributed by atoms with E-state index in [1.165, 1.54) is 13.1 Å². The SMILES string of the molecule is CN1CCNCC1.COc1ccc(COc2ccc(CC(=O)O)cc2Cl)cc1Cl. The number of hydrogen-bond acceptors (Lipinski definition) is 5. The molecular formula is C21H26Cl2N2O4. The summed E-state index contributed by atoms with van der Waals surface area (Å²) >= 11 is 12.1. The molecule has 2 aromatic carbocycles. The number of likely N-dealkylation sites (N-methyl/N-ethyl adjacent to an activating group) is 1. The highest BCUT2D eigenvalue weighted by Gasteiger charge is 2.08. The van der Waals surface area contributed by atoms with Crippen LogP contribution < -0.4 is 14.8 Å². The number of carbonyl (C=O) groups is 1. The minimum Gasteiger partial charge on any atom is -0.495 e. The third kappa shape index (κ3) is 8.11. The van der Waals surface area contributed by atoms with E-state index in [4.69, 9.17) is 37.8 Å². The molecule has 1 fully saturated rings. The molecule has 6 nitrogen and oxygen atoms in total. The predicted molar refractivity (Wildman–Crippen MR) is 115 cm³/mol. The largest absolute Gasteiger partial charge is 0.495 e. The van der Waals surface area contributed by atoms with Crippen LogP contribution >= 0.6 is 23.2 Å². The molecule has 0 bridgehead atoms. The quantitative estimate of drug-likeness (QED) is 0.712. The van der Waals surface area contributed by atoms with E-state index in [0.29, 0.717) is 33.7 Å². The lowest BCUT2D eigenvalue weighted by molar-refractivity contribution is -0.136. The van der Waals surface area contributed by atoms with E-state index in [-0.39, 0.29) is 6.42 Å². The molecular weight excluding hydrogens is 415 g/mol. The van der Waals surface area contributed by atoms with E-state index in [2.05, 4.69) is 17.3 Å². The van der Waals surface area contributed by atoms with Gasteiger partial charge in [0.05, 0.1) is 23.6 Å². The van der Waals surface area contributed by atoms with Crippen molar-refractivity contribution in [1.82, 2.24) is 10.2 Å². The highest BCUT2D eigenvalue weighted by atomic mass is 35.5. The smallest absolute Gasteiger partial charge is 0.307 e. The predicted octanol–water partition coefficient (Wildman–Crippen LogP) is 3.73. The molecule has 1 heterocycles. The Morgan fingerprint density at radius 1 is 1.07 bits per heavy atom. The summed E-state index contributed by atoms with van der Waals surface area (Å²) < 4.78 is 10.7. The van der Waals surface area contributed by atoms with E-state index in [1.54, 1.807) is 37.4 Å². The van der Waals surface area contributed by atoms with Gasteiger partial charge < -0.3 is 24.8 Å². The van der Waals surface area contributed by atoms with Crippen LogP contribution in [0, 0.1) is 0 Å². The lowest BCUT2D eigenvalue weighted by Gasteiger charge is -2.21. The van der Waals surface area contributed by atoms with Gasteiger partial charge in [-0.15, -0.1) is 0 Å². The molecule has 1 aliphatic rings. The number of rotatable bonds is 6. The number of ether oxygens (including phenoxy) is 2. The van der Waals surface area contributed by atoms with Gasteiger partial charge >= 0.3 is 5.97 Å². The number of hydrogen-bond donors (Lipinski definition) is 2. The topological polar surface area (TPSA) is 71.0 Å². The zero-order valence-electron chi connectivity index (χ0n) is 16.6. The molecule has 1 aliphatic heterocycles. The summed E-state index contributed by atoms with van der Waals surface area (Å²) in [6.45, 7) is 5.04. The Morgan fingerprint density at radius 2 is 1.66 bits per heavy atom. The molecule has 0 radical (unpaired) electrons. The number of methoxy groups -OCH3 is 1. The van der Waals surface area contributed by atoms with Crippen molar-refractivity contribution >= 4 is 29.2 Å². The highest BCUT2D eigenvalue weighted by molar-refractivity contribution is 6.32. The molecule has 0 unspecified atom stereocenters. The first-order valence-corrected chi connectivity index (χ1v) is 9.99. The van der Waals surface area contributed by atoms with Gasteiger partial charge in [-0.05, 0) is 42.4 Å². The van der Waals surface area contributed by atoms with Crippen LogP contribution in [0.1, 0.15) is 11.1 Å². The molecule has 0 atom stereocenters. The number of benzene rings is 2.